The first-order valence-electron chi connectivity index (χ1n) is 5.66. The van der Waals surface area contributed by atoms with E-state index in [1.54, 1.807) is 0 Å². The molecule has 1 saturated heterocycles. The van der Waals surface area contributed by atoms with Crippen LogP contribution in [0.3, 0.4) is 0 Å². The molecule has 1 fully saturated rings. The molecule has 1 aliphatic heterocycles. The summed E-state index contributed by atoms with van der Waals surface area (Å²) >= 11 is 7.82. The number of piperazine rings is 1. The van der Waals surface area contributed by atoms with Crippen molar-refractivity contribution in [1.29, 1.82) is 0 Å². The van der Waals surface area contributed by atoms with Crippen molar-refractivity contribution in [3.63, 3.8) is 0 Å². The summed E-state index contributed by atoms with van der Waals surface area (Å²) in [6.07, 6.45) is 0. The lowest BCUT2D eigenvalue weighted by atomic mass is 10.4. The number of hydrogen-bond donors (Lipinski definition) is 1. The van der Waals surface area contributed by atoms with Crippen LogP contribution in [-0.4, -0.2) is 43.4 Å². The lowest BCUT2D eigenvalue weighted by Crippen LogP contribution is -2.44. The Kier molecular flexibility index (Phi) is 4.97. The Hall–Kier alpha value is -0.220. The van der Waals surface area contributed by atoms with Gasteiger partial charge in [0.15, 0.2) is 0 Å². The van der Waals surface area contributed by atoms with Crippen molar-refractivity contribution in [3.05, 3.63) is 29.3 Å². The van der Waals surface area contributed by atoms with Crippen molar-refractivity contribution in [3.8, 4) is 0 Å². The van der Waals surface area contributed by atoms with Crippen LogP contribution in [0.4, 0.5) is 0 Å². The minimum atomic E-state index is 0.826. The van der Waals surface area contributed by atoms with Crippen molar-refractivity contribution in [2.24, 2.45) is 0 Å². The lowest BCUT2D eigenvalue weighted by molar-refractivity contribution is 0.255. The van der Waals surface area contributed by atoms with Gasteiger partial charge in [-0.05, 0) is 18.2 Å². The van der Waals surface area contributed by atoms with Crippen LogP contribution in [0.25, 0.3) is 0 Å². The molecule has 4 heteroatoms. The van der Waals surface area contributed by atoms with E-state index in [4.69, 9.17) is 11.6 Å². The van der Waals surface area contributed by atoms with E-state index in [0.717, 1.165) is 23.9 Å². The van der Waals surface area contributed by atoms with E-state index >= 15 is 0 Å². The third kappa shape index (κ3) is 3.98. The summed E-state index contributed by atoms with van der Waals surface area (Å²) in [6.45, 7) is 5.77. The highest BCUT2D eigenvalue weighted by atomic mass is 35.5. The maximum absolute atomic E-state index is 5.94. The second-order valence-corrected chi connectivity index (χ2v) is 5.50. The van der Waals surface area contributed by atoms with Crippen LogP contribution < -0.4 is 5.32 Å². The molecule has 0 saturated carbocycles. The summed E-state index contributed by atoms with van der Waals surface area (Å²) in [4.78, 5) is 3.77. The quantitative estimate of drug-likeness (QED) is 0.833. The number of nitrogens with one attached hydrogen (secondary N) is 1. The van der Waals surface area contributed by atoms with Crippen LogP contribution in [0.1, 0.15) is 0 Å². The van der Waals surface area contributed by atoms with Crippen LogP contribution in [-0.2, 0) is 0 Å². The third-order valence-electron chi connectivity index (χ3n) is 2.68. The van der Waals surface area contributed by atoms with Gasteiger partial charge in [0.2, 0.25) is 0 Å². The highest BCUT2D eigenvalue weighted by Crippen LogP contribution is 2.21. The number of nitrogens with zero attached hydrogens (tertiary/aromatic N) is 1. The predicted octanol–water partition coefficient (Wildman–Crippen LogP) is 2.34. The van der Waals surface area contributed by atoms with Gasteiger partial charge in [-0.3, -0.25) is 4.90 Å². The monoisotopic (exact) mass is 256 g/mol. The third-order valence-corrected chi connectivity index (χ3v) is 3.89. The first kappa shape index (κ1) is 12.2. The molecule has 0 aliphatic carbocycles. The summed E-state index contributed by atoms with van der Waals surface area (Å²) in [5.74, 6) is 1.14. The van der Waals surface area contributed by atoms with E-state index in [1.165, 1.54) is 24.5 Å². The molecule has 0 aromatic heterocycles. The van der Waals surface area contributed by atoms with Gasteiger partial charge in [-0.1, -0.05) is 17.7 Å². The normalized spacial score (nSPS) is 17.6. The van der Waals surface area contributed by atoms with Crippen LogP contribution in [0.2, 0.25) is 5.02 Å². The van der Waals surface area contributed by atoms with Gasteiger partial charge in [-0.2, -0.15) is 0 Å². The van der Waals surface area contributed by atoms with Crippen molar-refractivity contribution >= 4 is 23.4 Å². The standard InChI is InChI=1S/C12H17ClN2S/c13-11-2-1-3-12(10-11)16-9-8-15-6-4-14-5-7-15/h1-3,10,14H,4-9H2. The van der Waals surface area contributed by atoms with Gasteiger partial charge in [0.25, 0.3) is 0 Å². The van der Waals surface area contributed by atoms with E-state index in [2.05, 4.69) is 16.3 Å². The summed E-state index contributed by atoms with van der Waals surface area (Å²) in [5.41, 5.74) is 0. The zero-order chi connectivity index (χ0) is 11.2. The van der Waals surface area contributed by atoms with Crippen LogP contribution >= 0.6 is 23.4 Å². The minimum absolute atomic E-state index is 0.826. The topological polar surface area (TPSA) is 15.3 Å². The van der Waals surface area contributed by atoms with E-state index in [0.29, 0.717) is 0 Å². The Morgan fingerprint density at radius 1 is 1.31 bits per heavy atom. The number of hydrogen-bond acceptors (Lipinski definition) is 3. The second kappa shape index (κ2) is 6.50. The molecule has 16 heavy (non-hydrogen) atoms. The smallest absolute Gasteiger partial charge is 0.0417 e. The average molecular weight is 257 g/mol. The van der Waals surface area contributed by atoms with Crippen molar-refractivity contribution in [2.75, 3.05) is 38.5 Å². The molecule has 2 rings (SSSR count). The molecule has 1 aromatic carbocycles. The van der Waals surface area contributed by atoms with Gasteiger partial charge in [0, 0.05) is 48.4 Å². The van der Waals surface area contributed by atoms with Gasteiger partial charge in [-0.15, -0.1) is 11.8 Å². The average Bonchev–Trinajstić information content (AvgIpc) is 2.30. The summed E-state index contributed by atoms with van der Waals surface area (Å²) in [6, 6.07) is 8.08. The number of rotatable bonds is 4. The maximum atomic E-state index is 5.94. The minimum Gasteiger partial charge on any atom is -0.314 e. The van der Waals surface area contributed by atoms with Gasteiger partial charge in [-0.25, -0.2) is 0 Å². The van der Waals surface area contributed by atoms with E-state index in [9.17, 15) is 0 Å². The van der Waals surface area contributed by atoms with Crippen LogP contribution in [0.5, 0.6) is 0 Å². The highest BCUT2D eigenvalue weighted by Gasteiger charge is 2.08. The van der Waals surface area contributed by atoms with Crippen molar-refractivity contribution in [2.45, 2.75) is 4.90 Å². The van der Waals surface area contributed by atoms with E-state index in [-0.39, 0.29) is 0 Å². The zero-order valence-corrected chi connectivity index (χ0v) is 10.9. The Morgan fingerprint density at radius 3 is 2.88 bits per heavy atom. The molecule has 1 aromatic rings. The van der Waals surface area contributed by atoms with Gasteiger partial charge < -0.3 is 5.32 Å². The van der Waals surface area contributed by atoms with Crippen LogP contribution in [0, 0.1) is 0 Å². The number of halogens is 1. The molecule has 1 N–H and O–H groups in total. The van der Waals surface area contributed by atoms with Crippen molar-refractivity contribution in [1.82, 2.24) is 10.2 Å². The number of benzene rings is 1. The molecule has 0 spiro atoms. The molecule has 1 heterocycles. The Balaban J connectivity index is 1.71. The Bertz CT molecular complexity index is 327. The lowest BCUT2D eigenvalue weighted by Gasteiger charge is -2.26. The highest BCUT2D eigenvalue weighted by molar-refractivity contribution is 7.99. The van der Waals surface area contributed by atoms with Gasteiger partial charge >= 0.3 is 0 Å². The van der Waals surface area contributed by atoms with Gasteiger partial charge in [0.1, 0.15) is 0 Å². The van der Waals surface area contributed by atoms with Gasteiger partial charge in [0.05, 0.1) is 0 Å². The fraction of sp³-hybridized carbons (Fsp3) is 0.500. The molecule has 0 unspecified atom stereocenters. The second-order valence-electron chi connectivity index (χ2n) is 3.90. The fourth-order valence-corrected chi connectivity index (χ4v) is 3.01. The summed E-state index contributed by atoms with van der Waals surface area (Å²) in [7, 11) is 0. The Labute approximate surface area is 106 Å². The van der Waals surface area contributed by atoms with Crippen LogP contribution in [0.15, 0.2) is 29.2 Å². The fourth-order valence-electron chi connectivity index (χ4n) is 1.78. The largest absolute Gasteiger partial charge is 0.314 e. The molecule has 0 bridgehead atoms. The molecular formula is C12H17ClN2S. The molecule has 0 radical (unpaired) electrons. The van der Waals surface area contributed by atoms with E-state index < -0.39 is 0 Å². The molecule has 0 amide bonds. The van der Waals surface area contributed by atoms with E-state index in [1.807, 2.05) is 30.0 Å². The molecule has 88 valence electrons. The Morgan fingerprint density at radius 2 is 2.12 bits per heavy atom. The molecule has 2 nitrogen and oxygen atoms in total. The maximum Gasteiger partial charge on any atom is 0.0417 e. The molecule has 1 aliphatic rings. The summed E-state index contributed by atoms with van der Waals surface area (Å²) in [5, 5.41) is 4.19. The summed E-state index contributed by atoms with van der Waals surface area (Å²) < 4.78 is 0. The molecular weight excluding hydrogens is 240 g/mol. The SMILES string of the molecule is Clc1cccc(SCCN2CCNCC2)c1. The zero-order valence-electron chi connectivity index (χ0n) is 9.29. The predicted molar refractivity (Wildman–Crippen MR) is 71.5 cm³/mol. The first-order chi connectivity index (χ1) is 7.84. The first-order valence-corrected chi connectivity index (χ1v) is 7.02. The number of thioether (sulfide) groups is 1. The van der Waals surface area contributed by atoms with Crippen molar-refractivity contribution < 1.29 is 0 Å². The molecule has 0 atom stereocenters.